The highest BCUT2D eigenvalue weighted by molar-refractivity contribution is 8.26. The number of nitrogens with zero attached hydrogens (tertiary/aromatic N) is 1. The molecule has 1 fully saturated rings. The molecular weight excluding hydrogens is 474 g/mol. The normalized spacial score (nSPS) is 14.7. The fourth-order valence-corrected chi connectivity index (χ4v) is 4.81. The van der Waals surface area contributed by atoms with E-state index >= 15 is 0 Å². The molecule has 4 rings (SSSR count). The number of thiocarbonyl (C=S) groups is 1. The second-order valence-corrected chi connectivity index (χ2v) is 9.46. The number of ether oxygens (including phenoxy) is 2. The van der Waals surface area contributed by atoms with Crippen molar-refractivity contribution in [3.8, 4) is 11.5 Å². The maximum Gasteiger partial charge on any atom is 0.266 e. The summed E-state index contributed by atoms with van der Waals surface area (Å²) in [6.07, 6.45) is 2.59. The van der Waals surface area contributed by atoms with Crippen LogP contribution in [0, 0.1) is 0 Å². The van der Waals surface area contributed by atoms with Crippen LogP contribution in [0.2, 0.25) is 5.02 Å². The molecular formula is C26H22ClNO3S2. The first-order valence-electron chi connectivity index (χ1n) is 10.4. The number of thioether (sulfide) groups is 1. The fraction of sp³-hybridized carbons (Fsp3) is 0.154. The van der Waals surface area contributed by atoms with E-state index in [1.165, 1.54) is 11.8 Å². The Kier molecular flexibility index (Phi) is 7.70. The maximum atomic E-state index is 12.9. The summed E-state index contributed by atoms with van der Waals surface area (Å²) < 4.78 is 11.6. The van der Waals surface area contributed by atoms with E-state index in [0.29, 0.717) is 27.4 Å². The molecule has 0 radical (unpaired) electrons. The van der Waals surface area contributed by atoms with Gasteiger partial charge in [-0.2, -0.15) is 0 Å². The summed E-state index contributed by atoms with van der Waals surface area (Å²) in [7, 11) is 1.64. The molecule has 0 atom stereocenters. The Labute approximate surface area is 208 Å². The number of hydrogen-bond donors (Lipinski definition) is 0. The molecule has 0 aliphatic carbocycles. The predicted molar refractivity (Wildman–Crippen MR) is 139 cm³/mol. The lowest BCUT2D eigenvalue weighted by Crippen LogP contribution is -2.30. The van der Waals surface area contributed by atoms with Gasteiger partial charge in [0.15, 0.2) is 0 Å². The van der Waals surface area contributed by atoms with E-state index in [2.05, 4.69) is 0 Å². The van der Waals surface area contributed by atoms with Gasteiger partial charge >= 0.3 is 0 Å². The standard InChI is InChI=1S/C26H22ClNO3S2/c1-30-21-10-6-18(7-11-21)14-15-28-25(29)24(33-26(28)32)16-19-8-12-22(13-9-19)31-17-20-4-2-3-5-23(20)27/h2-13,16H,14-15,17H2,1H3/b24-16-. The van der Waals surface area contributed by atoms with Gasteiger partial charge in [0.25, 0.3) is 5.91 Å². The molecule has 0 unspecified atom stereocenters. The molecule has 0 N–H and O–H groups in total. The van der Waals surface area contributed by atoms with Crippen LogP contribution in [-0.4, -0.2) is 28.8 Å². The summed E-state index contributed by atoms with van der Waals surface area (Å²) >= 11 is 13.0. The van der Waals surface area contributed by atoms with Gasteiger partial charge < -0.3 is 9.47 Å². The minimum atomic E-state index is -0.0578. The van der Waals surface area contributed by atoms with Crippen LogP contribution in [-0.2, 0) is 17.8 Å². The third-order valence-electron chi connectivity index (χ3n) is 5.19. The number of halogens is 1. The highest BCUT2D eigenvalue weighted by Gasteiger charge is 2.31. The number of methoxy groups -OCH3 is 1. The van der Waals surface area contributed by atoms with Crippen LogP contribution < -0.4 is 9.47 Å². The molecule has 4 nitrogen and oxygen atoms in total. The fourth-order valence-electron chi connectivity index (χ4n) is 3.31. The SMILES string of the molecule is COc1ccc(CCN2C(=O)/C(=C/c3ccc(OCc4ccccc4Cl)cc3)SC2=S)cc1. The Balaban J connectivity index is 1.35. The highest BCUT2D eigenvalue weighted by atomic mass is 35.5. The van der Waals surface area contributed by atoms with Crippen molar-refractivity contribution in [2.75, 3.05) is 13.7 Å². The zero-order chi connectivity index (χ0) is 23.2. The minimum absolute atomic E-state index is 0.0578. The van der Waals surface area contributed by atoms with E-state index in [9.17, 15) is 4.79 Å². The van der Waals surface area contributed by atoms with Crippen molar-refractivity contribution in [2.45, 2.75) is 13.0 Å². The molecule has 0 bridgehead atoms. The quantitative estimate of drug-likeness (QED) is 0.268. The van der Waals surface area contributed by atoms with Gasteiger partial charge in [0, 0.05) is 17.1 Å². The van der Waals surface area contributed by atoms with Gasteiger partial charge in [-0.05, 0) is 54.0 Å². The van der Waals surface area contributed by atoms with E-state index in [1.54, 1.807) is 12.0 Å². The third-order valence-corrected chi connectivity index (χ3v) is 6.93. The first kappa shape index (κ1) is 23.4. The summed E-state index contributed by atoms with van der Waals surface area (Å²) in [5.74, 6) is 1.49. The van der Waals surface area contributed by atoms with E-state index in [0.717, 1.165) is 34.6 Å². The second kappa shape index (κ2) is 10.9. The first-order valence-corrected chi connectivity index (χ1v) is 12.0. The summed E-state index contributed by atoms with van der Waals surface area (Å²) in [5, 5.41) is 0.683. The van der Waals surface area contributed by atoms with Crippen LogP contribution in [0.3, 0.4) is 0 Å². The van der Waals surface area contributed by atoms with Crippen molar-refractivity contribution in [3.63, 3.8) is 0 Å². The van der Waals surface area contributed by atoms with Crippen LogP contribution >= 0.6 is 35.6 Å². The molecule has 1 heterocycles. The smallest absolute Gasteiger partial charge is 0.266 e. The van der Waals surface area contributed by atoms with E-state index in [1.807, 2.05) is 78.9 Å². The molecule has 7 heteroatoms. The van der Waals surface area contributed by atoms with Crippen LogP contribution in [0.1, 0.15) is 16.7 Å². The average Bonchev–Trinajstić information content (AvgIpc) is 3.10. The van der Waals surface area contributed by atoms with Crippen molar-refractivity contribution < 1.29 is 14.3 Å². The number of rotatable bonds is 8. The lowest BCUT2D eigenvalue weighted by molar-refractivity contribution is -0.122. The molecule has 1 saturated heterocycles. The zero-order valence-electron chi connectivity index (χ0n) is 18.0. The first-order chi connectivity index (χ1) is 16.0. The van der Waals surface area contributed by atoms with Crippen LogP contribution in [0.15, 0.2) is 77.7 Å². The summed E-state index contributed by atoms with van der Waals surface area (Å²) in [5.41, 5.74) is 2.97. The summed E-state index contributed by atoms with van der Waals surface area (Å²) in [4.78, 5) is 15.2. The molecule has 0 aromatic heterocycles. The predicted octanol–water partition coefficient (Wildman–Crippen LogP) is 6.37. The highest BCUT2D eigenvalue weighted by Crippen LogP contribution is 2.33. The molecule has 1 aliphatic rings. The molecule has 33 heavy (non-hydrogen) atoms. The van der Waals surface area contributed by atoms with Gasteiger partial charge in [-0.1, -0.05) is 78.0 Å². The van der Waals surface area contributed by atoms with Crippen molar-refractivity contribution in [1.29, 1.82) is 0 Å². The number of benzene rings is 3. The van der Waals surface area contributed by atoms with Crippen LogP contribution in [0.4, 0.5) is 0 Å². The van der Waals surface area contributed by atoms with Gasteiger partial charge in [-0.25, -0.2) is 0 Å². The molecule has 3 aromatic rings. The largest absolute Gasteiger partial charge is 0.497 e. The Hall–Kier alpha value is -2.80. The third kappa shape index (κ3) is 5.96. The van der Waals surface area contributed by atoms with Gasteiger partial charge in [-0.3, -0.25) is 9.69 Å². The Morgan fingerprint density at radius 3 is 2.39 bits per heavy atom. The molecule has 3 aromatic carbocycles. The number of carbonyl (C=O) groups is 1. The lowest BCUT2D eigenvalue weighted by atomic mass is 10.1. The average molecular weight is 496 g/mol. The van der Waals surface area contributed by atoms with Gasteiger partial charge in [0.05, 0.1) is 12.0 Å². The Morgan fingerprint density at radius 1 is 1.00 bits per heavy atom. The Morgan fingerprint density at radius 2 is 1.70 bits per heavy atom. The number of carbonyl (C=O) groups excluding carboxylic acids is 1. The van der Waals surface area contributed by atoms with Crippen molar-refractivity contribution in [1.82, 2.24) is 4.90 Å². The Bertz CT molecular complexity index is 1180. The van der Waals surface area contributed by atoms with Crippen molar-refractivity contribution in [3.05, 3.63) is 99.4 Å². The minimum Gasteiger partial charge on any atom is -0.497 e. The topological polar surface area (TPSA) is 38.8 Å². The van der Waals surface area contributed by atoms with Gasteiger partial charge in [0.1, 0.15) is 22.4 Å². The van der Waals surface area contributed by atoms with Gasteiger partial charge in [0.2, 0.25) is 0 Å². The van der Waals surface area contributed by atoms with Crippen LogP contribution in [0.5, 0.6) is 11.5 Å². The zero-order valence-corrected chi connectivity index (χ0v) is 20.4. The molecule has 1 amide bonds. The summed E-state index contributed by atoms with van der Waals surface area (Å²) in [6, 6.07) is 23.1. The van der Waals surface area contributed by atoms with Crippen molar-refractivity contribution >= 4 is 51.9 Å². The maximum absolute atomic E-state index is 12.9. The molecule has 0 spiro atoms. The van der Waals surface area contributed by atoms with E-state index in [4.69, 9.17) is 33.3 Å². The summed E-state index contributed by atoms with van der Waals surface area (Å²) in [6.45, 7) is 0.940. The number of amides is 1. The molecule has 168 valence electrons. The lowest BCUT2D eigenvalue weighted by Gasteiger charge is -2.14. The second-order valence-electron chi connectivity index (χ2n) is 7.38. The molecule has 0 saturated carbocycles. The van der Waals surface area contributed by atoms with Crippen molar-refractivity contribution in [2.24, 2.45) is 0 Å². The number of hydrogen-bond acceptors (Lipinski definition) is 5. The van der Waals surface area contributed by atoms with E-state index < -0.39 is 0 Å². The van der Waals surface area contributed by atoms with Crippen LogP contribution in [0.25, 0.3) is 6.08 Å². The monoisotopic (exact) mass is 495 g/mol. The van der Waals surface area contributed by atoms with E-state index in [-0.39, 0.29) is 5.91 Å². The van der Waals surface area contributed by atoms with Gasteiger partial charge in [-0.15, -0.1) is 0 Å². The molecule has 1 aliphatic heterocycles.